The molecule has 0 aliphatic carbocycles. The molecule has 128 valence electrons. The van der Waals surface area contributed by atoms with E-state index in [1.807, 2.05) is 48.5 Å². The minimum absolute atomic E-state index is 0.123. The van der Waals surface area contributed by atoms with Gasteiger partial charge in [-0.15, -0.1) is 0 Å². The first-order valence-electron chi connectivity index (χ1n) is 8.06. The summed E-state index contributed by atoms with van der Waals surface area (Å²) in [5.41, 5.74) is 2.41. The van der Waals surface area contributed by atoms with Crippen LogP contribution >= 0.6 is 0 Å². The Kier molecular flexibility index (Phi) is 5.53. The summed E-state index contributed by atoms with van der Waals surface area (Å²) in [5, 5.41) is 9.72. The largest absolute Gasteiger partial charge is 0.383 e. The smallest absolute Gasteiger partial charge is 0.252 e. The van der Waals surface area contributed by atoms with Gasteiger partial charge < -0.3 is 10.1 Å². The lowest BCUT2D eigenvalue weighted by Gasteiger charge is -2.19. The number of rotatable bonds is 7. The summed E-state index contributed by atoms with van der Waals surface area (Å²) in [7, 11) is 1.63. The molecule has 0 aliphatic heterocycles. The third-order valence-electron chi connectivity index (χ3n) is 3.87. The predicted octanol–water partition coefficient (Wildman–Crippen LogP) is 2.46. The fourth-order valence-electron chi connectivity index (χ4n) is 2.74. The van der Waals surface area contributed by atoms with Crippen molar-refractivity contribution >= 4 is 5.91 Å². The molecular weight excluding hydrogens is 316 g/mol. The maximum atomic E-state index is 12.8. The molecule has 0 radical (unpaired) electrons. The summed E-state index contributed by atoms with van der Waals surface area (Å²) in [6.45, 7) is 0.436. The molecule has 2 aromatic carbocycles. The standard InChI is InChI=1S/C19H20N4O2/c1-25-12-15(11-14-7-3-2-4-8-14)22-19(24)17-10-6-5-9-16(17)18-20-13-21-23-18/h2-10,13,15H,11-12H2,1H3,(H,22,24)(H,20,21,23)/t15-/m0/s1. The monoisotopic (exact) mass is 336 g/mol. The van der Waals surface area contributed by atoms with Gasteiger partial charge in [0.1, 0.15) is 6.33 Å². The molecule has 0 saturated heterocycles. The number of hydrogen-bond donors (Lipinski definition) is 2. The molecule has 0 saturated carbocycles. The van der Waals surface area contributed by atoms with Crippen molar-refractivity contribution in [2.75, 3.05) is 13.7 Å². The molecule has 0 aliphatic rings. The van der Waals surface area contributed by atoms with Gasteiger partial charge in [0.15, 0.2) is 5.82 Å². The lowest BCUT2D eigenvalue weighted by atomic mass is 10.0. The first kappa shape index (κ1) is 16.9. The van der Waals surface area contributed by atoms with Crippen LogP contribution in [0.2, 0.25) is 0 Å². The van der Waals surface area contributed by atoms with Crippen LogP contribution in [-0.2, 0) is 11.2 Å². The molecule has 25 heavy (non-hydrogen) atoms. The molecule has 6 heteroatoms. The van der Waals surface area contributed by atoms with Crippen LogP contribution in [0.3, 0.4) is 0 Å². The number of nitrogens with zero attached hydrogens (tertiary/aromatic N) is 2. The van der Waals surface area contributed by atoms with E-state index in [2.05, 4.69) is 20.5 Å². The number of H-pyrrole nitrogens is 1. The summed E-state index contributed by atoms with van der Waals surface area (Å²) >= 11 is 0. The van der Waals surface area contributed by atoms with Crippen molar-refractivity contribution in [3.05, 3.63) is 72.1 Å². The fourth-order valence-corrected chi connectivity index (χ4v) is 2.74. The number of benzene rings is 2. The van der Waals surface area contributed by atoms with Gasteiger partial charge in [-0.2, -0.15) is 5.10 Å². The van der Waals surface area contributed by atoms with Crippen LogP contribution in [0.5, 0.6) is 0 Å². The highest BCUT2D eigenvalue weighted by molar-refractivity contribution is 6.00. The molecule has 3 rings (SSSR count). The van der Waals surface area contributed by atoms with E-state index in [9.17, 15) is 4.79 Å². The lowest BCUT2D eigenvalue weighted by molar-refractivity contribution is 0.0897. The van der Waals surface area contributed by atoms with Crippen LogP contribution in [0.1, 0.15) is 15.9 Å². The summed E-state index contributed by atoms with van der Waals surface area (Å²) in [4.78, 5) is 16.9. The Bertz CT molecular complexity index is 803. The number of methoxy groups -OCH3 is 1. The average Bonchev–Trinajstić information content (AvgIpc) is 3.17. The van der Waals surface area contributed by atoms with Crippen molar-refractivity contribution < 1.29 is 9.53 Å². The zero-order valence-electron chi connectivity index (χ0n) is 14.0. The number of carbonyl (C=O) groups excluding carboxylic acids is 1. The Hall–Kier alpha value is -2.99. The third kappa shape index (κ3) is 4.30. The number of amides is 1. The van der Waals surface area contributed by atoms with Gasteiger partial charge in [-0.1, -0.05) is 48.5 Å². The molecule has 1 aromatic heterocycles. The summed E-state index contributed by atoms with van der Waals surface area (Å²) in [6, 6.07) is 17.2. The van der Waals surface area contributed by atoms with Crippen LogP contribution in [-0.4, -0.2) is 40.8 Å². The molecule has 0 bridgehead atoms. The Labute approximate surface area is 146 Å². The van der Waals surface area contributed by atoms with Gasteiger partial charge in [0.05, 0.1) is 18.2 Å². The van der Waals surface area contributed by atoms with Gasteiger partial charge in [-0.25, -0.2) is 4.98 Å². The second kappa shape index (κ2) is 8.21. The van der Waals surface area contributed by atoms with Crippen molar-refractivity contribution in [1.29, 1.82) is 0 Å². The number of aromatic nitrogens is 3. The van der Waals surface area contributed by atoms with E-state index in [0.29, 0.717) is 30.0 Å². The molecule has 0 unspecified atom stereocenters. The molecule has 0 spiro atoms. The zero-order chi connectivity index (χ0) is 17.5. The van der Waals surface area contributed by atoms with Crippen LogP contribution in [0.25, 0.3) is 11.4 Å². The van der Waals surface area contributed by atoms with Crippen LogP contribution in [0.4, 0.5) is 0 Å². The summed E-state index contributed by atoms with van der Waals surface area (Å²) < 4.78 is 5.27. The average molecular weight is 336 g/mol. The topological polar surface area (TPSA) is 79.9 Å². The number of aromatic amines is 1. The zero-order valence-corrected chi connectivity index (χ0v) is 14.0. The molecule has 2 N–H and O–H groups in total. The Balaban J connectivity index is 1.78. The van der Waals surface area contributed by atoms with E-state index in [1.54, 1.807) is 13.2 Å². The van der Waals surface area contributed by atoms with Crippen molar-refractivity contribution in [3.8, 4) is 11.4 Å². The molecule has 0 fully saturated rings. The normalized spacial score (nSPS) is 11.9. The minimum atomic E-state index is -0.162. The molecule has 6 nitrogen and oxygen atoms in total. The third-order valence-corrected chi connectivity index (χ3v) is 3.87. The fraction of sp³-hybridized carbons (Fsp3) is 0.211. The second-order valence-electron chi connectivity index (χ2n) is 5.70. The number of nitrogens with one attached hydrogen (secondary N) is 2. The minimum Gasteiger partial charge on any atom is -0.383 e. The molecule has 1 amide bonds. The van der Waals surface area contributed by atoms with Crippen molar-refractivity contribution in [2.24, 2.45) is 0 Å². The maximum absolute atomic E-state index is 12.8. The van der Waals surface area contributed by atoms with E-state index in [0.717, 1.165) is 5.56 Å². The number of carbonyl (C=O) groups is 1. The van der Waals surface area contributed by atoms with Gasteiger partial charge in [0, 0.05) is 12.7 Å². The second-order valence-corrected chi connectivity index (χ2v) is 5.70. The van der Waals surface area contributed by atoms with Crippen molar-refractivity contribution in [3.63, 3.8) is 0 Å². The highest BCUT2D eigenvalue weighted by atomic mass is 16.5. The van der Waals surface area contributed by atoms with Gasteiger partial charge >= 0.3 is 0 Å². The quantitative estimate of drug-likeness (QED) is 0.694. The molecular formula is C19H20N4O2. The Morgan fingerprint density at radius 3 is 2.64 bits per heavy atom. The first-order valence-corrected chi connectivity index (χ1v) is 8.06. The highest BCUT2D eigenvalue weighted by Crippen LogP contribution is 2.19. The Morgan fingerprint density at radius 2 is 1.92 bits per heavy atom. The van der Waals surface area contributed by atoms with Crippen molar-refractivity contribution in [1.82, 2.24) is 20.5 Å². The maximum Gasteiger partial charge on any atom is 0.252 e. The van der Waals surface area contributed by atoms with Gasteiger partial charge in [-0.05, 0) is 18.1 Å². The predicted molar refractivity (Wildman–Crippen MR) is 95.1 cm³/mol. The SMILES string of the molecule is COC[C@H](Cc1ccccc1)NC(=O)c1ccccc1-c1ncn[nH]1. The van der Waals surface area contributed by atoms with E-state index >= 15 is 0 Å². The van der Waals surface area contributed by atoms with Gasteiger partial charge in [0.2, 0.25) is 0 Å². The first-order chi connectivity index (χ1) is 12.3. The van der Waals surface area contributed by atoms with E-state index in [4.69, 9.17) is 4.74 Å². The van der Waals surface area contributed by atoms with E-state index in [1.165, 1.54) is 6.33 Å². The van der Waals surface area contributed by atoms with Gasteiger partial charge in [-0.3, -0.25) is 9.89 Å². The van der Waals surface area contributed by atoms with Crippen LogP contribution in [0, 0.1) is 0 Å². The molecule has 3 aromatic rings. The van der Waals surface area contributed by atoms with E-state index < -0.39 is 0 Å². The van der Waals surface area contributed by atoms with Gasteiger partial charge in [0.25, 0.3) is 5.91 Å². The Morgan fingerprint density at radius 1 is 1.16 bits per heavy atom. The number of ether oxygens (including phenoxy) is 1. The number of hydrogen-bond acceptors (Lipinski definition) is 4. The van der Waals surface area contributed by atoms with Crippen molar-refractivity contribution in [2.45, 2.75) is 12.5 Å². The summed E-state index contributed by atoms with van der Waals surface area (Å²) in [5.74, 6) is 0.405. The van der Waals surface area contributed by atoms with Crippen LogP contribution < -0.4 is 5.32 Å². The van der Waals surface area contributed by atoms with E-state index in [-0.39, 0.29) is 11.9 Å². The lowest BCUT2D eigenvalue weighted by Crippen LogP contribution is -2.39. The molecule has 1 heterocycles. The molecule has 1 atom stereocenters. The van der Waals surface area contributed by atoms with Crippen LogP contribution in [0.15, 0.2) is 60.9 Å². The summed E-state index contributed by atoms with van der Waals surface area (Å²) in [6.07, 6.45) is 2.12. The highest BCUT2D eigenvalue weighted by Gasteiger charge is 2.18.